The first-order chi connectivity index (χ1) is 16.1. The van der Waals surface area contributed by atoms with E-state index >= 15 is 0 Å². The molecule has 36 heavy (non-hydrogen) atoms. The van der Waals surface area contributed by atoms with E-state index in [9.17, 15) is 0 Å². The van der Waals surface area contributed by atoms with Gasteiger partial charge in [-0.1, -0.05) is 0 Å². The topological polar surface area (TPSA) is 0 Å². The van der Waals surface area contributed by atoms with Crippen molar-refractivity contribution in [3.63, 3.8) is 0 Å². The molecule has 0 fully saturated rings. The van der Waals surface area contributed by atoms with Crippen LogP contribution in [0.5, 0.6) is 0 Å². The average Bonchev–Trinajstić information content (AvgIpc) is 3.40. The van der Waals surface area contributed by atoms with Gasteiger partial charge in [-0.2, -0.15) is 0 Å². The molecular formula is C32H44Cl2SiZr. The molecule has 2 aliphatic carbocycles. The Hall–Kier alpha value is -0.400. The van der Waals surface area contributed by atoms with Crippen molar-refractivity contribution in [2.75, 3.05) is 0 Å². The fraction of sp³-hybridized carbons (Fsp3) is 0.500. The van der Waals surface area contributed by atoms with Crippen molar-refractivity contribution >= 4 is 8.70 Å². The zero-order chi connectivity index (χ0) is 24.7. The molecular weight excluding hydrogens is 575 g/mol. The predicted octanol–water partition coefficient (Wildman–Crippen LogP) is 2.76. The normalized spacial score (nSPS) is 13.7. The van der Waals surface area contributed by atoms with Gasteiger partial charge in [0, 0.05) is 0 Å². The van der Waals surface area contributed by atoms with Gasteiger partial charge in [-0.3, -0.25) is 0 Å². The molecule has 0 aromatic heterocycles. The number of hydrogen-bond donors (Lipinski definition) is 0. The zero-order valence-electron chi connectivity index (χ0n) is 23.6. The molecule has 4 heteroatoms. The van der Waals surface area contributed by atoms with Crippen LogP contribution in [0.25, 0.3) is 11.1 Å². The maximum absolute atomic E-state index is 2.55. The van der Waals surface area contributed by atoms with Gasteiger partial charge in [-0.15, -0.1) is 0 Å². The molecule has 0 nitrogen and oxygen atoms in total. The van der Waals surface area contributed by atoms with Gasteiger partial charge in [0.05, 0.1) is 0 Å². The minimum atomic E-state index is -2.04. The number of hydrogen-bond acceptors (Lipinski definition) is 0. The Kier molecular flexibility index (Phi) is 11.2. The molecule has 0 atom stereocenters. The summed E-state index contributed by atoms with van der Waals surface area (Å²) < 4.78 is 3.79. The van der Waals surface area contributed by atoms with E-state index in [4.69, 9.17) is 0 Å². The van der Waals surface area contributed by atoms with Gasteiger partial charge in [-0.25, -0.2) is 0 Å². The number of allylic oxidation sites excluding steroid dienone is 4. The summed E-state index contributed by atoms with van der Waals surface area (Å²) in [7, 11) is 0. The summed E-state index contributed by atoms with van der Waals surface area (Å²) in [5, 5.41) is 0. The second-order valence-electron chi connectivity index (χ2n) is 12.4. The molecule has 0 spiro atoms. The van der Waals surface area contributed by atoms with E-state index < -0.39 is 20.4 Å². The van der Waals surface area contributed by atoms with Crippen molar-refractivity contribution in [3.05, 3.63) is 74.1 Å². The van der Waals surface area contributed by atoms with Gasteiger partial charge in [0.2, 0.25) is 0 Å². The van der Waals surface area contributed by atoms with Crippen LogP contribution in [0.3, 0.4) is 0 Å². The van der Waals surface area contributed by atoms with E-state index in [-0.39, 0.29) is 41.1 Å². The molecule has 0 bridgehead atoms. The van der Waals surface area contributed by atoms with Crippen LogP contribution in [0.4, 0.5) is 0 Å². The molecule has 2 aliphatic rings. The Labute approximate surface area is 241 Å². The monoisotopic (exact) mass is 616 g/mol. The van der Waals surface area contributed by atoms with Crippen molar-refractivity contribution in [1.29, 1.82) is 0 Å². The Morgan fingerprint density at radius 3 is 2.00 bits per heavy atom. The van der Waals surface area contributed by atoms with Crippen LogP contribution in [0.2, 0.25) is 12.1 Å². The van der Waals surface area contributed by atoms with Crippen LogP contribution in [0.1, 0.15) is 96.9 Å². The van der Waals surface area contributed by atoms with Crippen LogP contribution < -0.4 is 28.1 Å². The van der Waals surface area contributed by atoms with Crippen molar-refractivity contribution in [2.24, 2.45) is 0 Å². The Bertz CT molecular complexity index is 1180. The van der Waals surface area contributed by atoms with Crippen LogP contribution in [-0.4, -0.2) is 5.43 Å². The summed E-state index contributed by atoms with van der Waals surface area (Å²) in [5.41, 5.74) is 9.54. The summed E-state index contributed by atoms with van der Waals surface area (Å²) in [6.07, 6.45) is 12.4. The number of rotatable bonds is 6. The van der Waals surface area contributed by atoms with Crippen LogP contribution >= 0.6 is 0 Å². The predicted molar refractivity (Wildman–Crippen MR) is 150 cm³/mol. The van der Waals surface area contributed by atoms with E-state index in [2.05, 4.69) is 104 Å². The van der Waals surface area contributed by atoms with Crippen LogP contribution in [0, 0.1) is 0 Å². The maximum atomic E-state index is 2.55. The fourth-order valence-electron chi connectivity index (χ4n) is 5.83. The zero-order valence-corrected chi connectivity index (χ0v) is 28.6. The van der Waals surface area contributed by atoms with E-state index in [1.54, 1.807) is 22.3 Å². The summed E-state index contributed by atoms with van der Waals surface area (Å²) in [5.74, 6) is 0. The largest absolute Gasteiger partial charge is 1.00 e. The van der Waals surface area contributed by atoms with Gasteiger partial charge in [0.25, 0.3) is 0 Å². The van der Waals surface area contributed by atoms with Gasteiger partial charge in [0.15, 0.2) is 0 Å². The summed E-state index contributed by atoms with van der Waals surface area (Å²) >= 11 is -2.04. The molecule has 0 heterocycles. The molecule has 0 N–H and O–H groups in total. The molecule has 0 radical (unpaired) electrons. The van der Waals surface area contributed by atoms with Crippen molar-refractivity contribution in [2.45, 2.75) is 104 Å². The van der Waals surface area contributed by atoms with Gasteiger partial charge < -0.3 is 24.8 Å². The minimum absolute atomic E-state index is 0. The van der Waals surface area contributed by atoms with E-state index in [0.29, 0.717) is 0 Å². The number of halogens is 2. The Morgan fingerprint density at radius 2 is 1.47 bits per heavy atom. The van der Waals surface area contributed by atoms with Crippen LogP contribution in [0.15, 0.2) is 51.8 Å². The Morgan fingerprint density at radius 1 is 0.833 bits per heavy atom. The first-order valence-electron chi connectivity index (χ1n) is 13.4. The molecule has 0 unspecified atom stereocenters. The second kappa shape index (κ2) is 12.6. The van der Waals surface area contributed by atoms with Crippen molar-refractivity contribution in [1.82, 2.24) is 0 Å². The fourth-order valence-corrected chi connectivity index (χ4v) is 30.0. The first kappa shape index (κ1) is 31.8. The van der Waals surface area contributed by atoms with Crippen LogP contribution in [-0.2, 0) is 37.6 Å². The van der Waals surface area contributed by atoms with Gasteiger partial charge in [-0.05, 0) is 0 Å². The minimum Gasteiger partial charge on any atom is -1.00 e. The maximum Gasteiger partial charge on any atom is -1.00 e. The van der Waals surface area contributed by atoms with E-state index in [1.807, 2.05) is 6.55 Å². The molecule has 0 amide bonds. The third-order valence-electron chi connectivity index (χ3n) is 7.55. The molecule has 194 valence electrons. The third kappa shape index (κ3) is 6.42. The molecule has 0 saturated carbocycles. The average molecular weight is 619 g/mol. The van der Waals surface area contributed by atoms with Gasteiger partial charge in [0.1, 0.15) is 0 Å². The molecule has 0 saturated heterocycles. The summed E-state index contributed by atoms with van der Waals surface area (Å²) in [4.78, 5) is 0. The smallest absolute Gasteiger partial charge is 1.00 e. The summed E-state index contributed by atoms with van der Waals surface area (Å²) in [6.45, 7) is 19.2. The molecule has 0 aliphatic heterocycles. The van der Waals surface area contributed by atoms with Gasteiger partial charge >= 0.3 is 218 Å². The van der Waals surface area contributed by atoms with E-state index in [1.165, 1.54) is 42.5 Å². The Balaban J connectivity index is 0.00000228. The first-order valence-corrected chi connectivity index (χ1v) is 21.5. The quantitative estimate of drug-likeness (QED) is 0.373. The third-order valence-corrected chi connectivity index (χ3v) is 27.9. The van der Waals surface area contributed by atoms with E-state index in [0.717, 1.165) is 6.42 Å². The van der Waals surface area contributed by atoms with Crippen molar-refractivity contribution in [3.8, 4) is 11.1 Å². The number of benzene rings is 2. The molecule has 2 aromatic carbocycles. The standard InChI is InChI=1S/C21H25.C6H14Si.C5H5.2ClH.Zr/c1-20(2,3)16-7-9-18-14(12-16)11-15-13-17(21(4,5)6)8-10-19(15)18;1-3-5-7-6-4-2;1-2-4-5-3-1;;;/h7-10,12H,11H2,1-6H3;3-6H2,1-2H3;1-3H,4H2;2*1H;/q;;;;;+2/p-2. The second-order valence-corrected chi connectivity index (χ2v) is 27.4. The number of fused-ring (bicyclic) bond motifs is 3. The summed E-state index contributed by atoms with van der Waals surface area (Å²) in [6, 6.07) is 15.4. The molecule has 2 aromatic rings. The SMILES string of the molecule is CCC[Si](CCC)=[Zr+2]([C]1=CC=CC1)[c]1c(C(C)(C)C)ccc2c1Cc1cc(C(C)(C)C)ccc1-2.[Cl-].[Cl-]. The molecule has 4 rings (SSSR count). The van der Waals surface area contributed by atoms with Crippen molar-refractivity contribution < 1.29 is 45.2 Å².